The number of benzene rings is 1. The highest BCUT2D eigenvalue weighted by molar-refractivity contribution is 5.93. The number of aryl methyl sites for hydroxylation is 1. The second-order valence-electron chi connectivity index (χ2n) is 5.11. The Labute approximate surface area is 119 Å². The number of rotatable bonds is 5. The molecule has 0 aliphatic carbocycles. The second kappa shape index (κ2) is 6.52. The van der Waals surface area contributed by atoms with Crippen LogP contribution in [0, 0.1) is 0 Å². The van der Waals surface area contributed by atoms with Crippen molar-refractivity contribution >= 4 is 17.5 Å². The maximum absolute atomic E-state index is 11.7. The summed E-state index contributed by atoms with van der Waals surface area (Å²) in [6.07, 6.45) is 1.76. The third-order valence-electron chi connectivity index (χ3n) is 3.50. The highest BCUT2D eigenvalue weighted by Crippen LogP contribution is 2.26. The number of amides is 2. The first-order valence-electron chi connectivity index (χ1n) is 6.97. The summed E-state index contributed by atoms with van der Waals surface area (Å²) in [5.74, 6) is 0.108. The molecule has 5 heteroatoms. The lowest BCUT2D eigenvalue weighted by Gasteiger charge is -2.20. The molecular weight excluding hydrogens is 254 g/mol. The molecule has 1 aliphatic heterocycles. The Hall–Kier alpha value is -1.88. The van der Waals surface area contributed by atoms with Gasteiger partial charge < -0.3 is 16.0 Å². The van der Waals surface area contributed by atoms with E-state index in [1.165, 1.54) is 0 Å². The van der Waals surface area contributed by atoms with Crippen LogP contribution in [0.3, 0.4) is 0 Å². The molecule has 0 fully saturated rings. The maximum atomic E-state index is 11.7. The summed E-state index contributed by atoms with van der Waals surface area (Å²) in [6, 6.07) is 5.91. The van der Waals surface area contributed by atoms with E-state index in [9.17, 15) is 9.59 Å². The zero-order valence-corrected chi connectivity index (χ0v) is 12.0. The van der Waals surface area contributed by atoms with E-state index in [2.05, 4.69) is 22.0 Å². The SMILES string of the molecule is CNCCC(=O)NC(C)c1ccc2c(c1)CCC(=O)N2. The number of nitrogens with one attached hydrogen (secondary N) is 3. The number of fused-ring (bicyclic) bond motifs is 1. The van der Waals surface area contributed by atoms with Gasteiger partial charge in [-0.1, -0.05) is 12.1 Å². The van der Waals surface area contributed by atoms with Crippen molar-refractivity contribution in [1.29, 1.82) is 0 Å². The van der Waals surface area contributed by atoms with Crippen molar-refractivity contribution in [3.63, 3.8) is 0 Å². The lowest BCUT2D eigenvalue weighted by molar-refractivity contribution is -0.121. The Morgan fingerprint density at radius 2 is 2.20 bits per heavy atom. The predicted octanol–water partition coefficient (Wildman–Crippen LogP) is 1.36. The van der Waals surface area contributed by atoms with Gasteiger partial charge in [-0.05, 0) is 37.6 Å². The zero-order valence-electron chi connectivity index (χ0n) is 12.0. The first-order valence-corrected chi connectivity index (χ1v) is 6.97. The van der Waals surface area contributed by atoms with E-state index in [1.54, 1.807) is 0 Å². The summed E-state index contributed by atoms with van der Waals surface area (Å²) in [4.78, 5) is 23.0. The lowest BCUT2D eigenvalue weighted by atomic mass is 9.98. The summed E-state index contributed by atoms with van der Waals surface area (Å²) >= 11 is 0. The molecule has 1 atom stereocenters. The van der Waals surface area contributed by atoms with Crippen molar-refractivity contribution < 1.29 is 9.59 Å². The number of hydrogen-bond donors (Lipinski definition) is 3. The number of hydrogen-bond acceptors (Lipinski definition) is 3. The van der Waals surface area contributed by atoms with E-state index in [0.29, 0.717) is 19.4 Å². The quantitative estimate of drug-likeness (QED) is 0.760. The first-order chi connectivity index (χ1) is 9.60. The first kappa shape index (κ1) is 14.5. The van der Waals surface area contributed by atoms with Crippen LogP contribution in [0.15, 0.2) is 18.2 Å². The van der Waals surface area contributed by atoms with Crippen LogP contribution in [0.1, 0.15) is 36.9 Å². The monoisotopic (exact) mass is 275 g/mol. The summed E-state index contributed by atoms with van der Waals surface area (Å²) in [6.45, 7) is 2.65. The third-order valence-corrected chi connectivity index (χ3v) is 3.50. The fourth-order valence-electron chi connectivity index (χ4n) is 2.31. The van der Waals surface area contributed by atoms with Crippen molar-refractivity contribution in [2.45, 2.75) is 32.2 Å². The standard InChI is InChI=1S/C15H21N3O2/c1-10(17-15(20)7-8-16-2)11-3-5-13-12(9-11)4-6-14(19)18-13/h3,5,9-10,16H,4,6-8H2,1-2H3,(H,17,20)(H,18,19). The summed E-state index contributed by atoms with van der Waals surface area (Å²) in [7, 11) is 1.83. The van der Waals surface area contributed by atoms with Crippen molar-refractivity contribution in [1.82, 2.24) is 10.6 Å². The molecule has 0 bridgehead atoms. The van der Waals surface area contributed by atoms with Crippen LogP contribution in [-0.4, -0.2) is 25.4 Å². The topological polar surface area (TPSA) is 70.2 Å². The smallest absolute Gasteiger partial charge is 0.224 e. The fraction of sp³-hybridized carbons (Fsp3) is 0.467. The highest BCUT2D eigenvalue weighted by Gasteiger charge is 2.16. The Kier molecular flexibility index (Phi) is 4.74. The minimum absolute atomic E-state index is 0.0257. The van der Waals surface area contributed by atoms with E-state index in [-0.39, 0.29) is 17.9 Å². The molecule has 2 rings (SSSR count). The van der Waals surface area contributed by atoms with Crippen LogP contribution in [0.4, 0.5) is 5.69 Å². The van der Waals surface area contributed by atoms with Gasteiger partial charge in [0.05, 0.1) is 6.04 Å². The summed E-state index contributed by atoms with van der Waals surface area (Å²) < 4.78 is 0. The molecule has 5 nitrogen and oxygen atoms in total. The zero-order chi connectivity index (χ0) is 14.5. The van der Waals surface area contributed by atoms with Crippen LogP contribution in [0.25, 0.3) is 0 Å². The average molecular weight is 275 g/mol. The number of anilines is 1. The van der Waals surface area contributed by atoms with E-state index < -0.39 is 0 Å². The van der Waals surface area contributed by atoms with Gasteiger partial charge in [0.25, 0.3) is 0 Å². The average Bonchev–Trinajstić information content (AvgIpc) is 2.44. The Balaban J connectivity index is 2.02. The Bertz CT molecular complexity index is 514. The van der Waals surface area contributed by atoms with Crippen molar-refractivity contribution in [2.75, 3.05) is 18.9 Å². The Morgan fingerprint density at radius 1 is 1.40 bits per heavy atom. The molecule has 0 spiro atoms. The van der Waals surface area contributed by atoms with Gasteiger partial charge in [0, 0.05) is 25.1 Å². The molecule has 1 aromatic rings. The fourth-order valence-corrected chi connectivity index (χ4v) is 2.31. The Morgan fingerprint density at radius 3 is 2.95 bits per heavy atom. The summed E-state index contributed by atoms with van der Waals surface area (Å²) in [5.41, 5.74) is 3.09. The molecule has 1 aliphatic rings. The van der Waals surface area contributed by atoms with E-state index in [1.807, 2.05) is 26.1 Å². The highest BCUT2D eigenvalue weighted by atomic mass is 16.2. The summed E-state index contributed by atoms with van der Waals surface area (Å²) in [5, 5.41) is 8.80. The predicted molar refractivity (Wildman–Crippen MR) is 78.5 cm³/mol. The number of carbonyl (C=O) groups excluding carboxylic acids is 2. The van der Waals surface area contributed by atoms with Crippen LogP contribution in [0.5, 0.6) is 0 Å². The van der Waals surface area contributed by atoms with Crippen LogP contribution in [0.2, 0.25) is 0 Å². The van der Waals surface area contributed by atoms with Gasteiger partial charge in [0.15, 0.2) is 0 Å². The van der Waals surface area contributed by atoms with E-state index >= 15 is 0 Å². The molecule has 0 saturated carbocycles. The molecule has 0 saturated heterocycles. The van der Waals surface area contributed by atoms with Crippen LogP contribution in [-0.2, 0) is 16.0 Å². The minimum atomic E-state index is -0.0257. The van der Waals surface area contributed by atoms with Gasteiger partial charge in [-0.15, -0.1) is 0 Å². The van der Waals surface area contributed by atoms with Crippen molar-refractivity contribution in [3.05, 3.63) is 29.3 Å². The molecule has 3 N–H and O–H groups in total. The van der Waals surface area contributed by atoms with E-state index in [4.69, 9.17) is 0 Å². The molecular formula is C15H21N3O2. The lowest BCUT2D eigenvalue weighted by Crippen LogP contribution is -2.29. The van der Waals surface area contributed by atoms with Gasteiger partial charge in [-0.3, -0.25) is 9.59 Å². The third kappa shape index (κ3) is 3.57. The van der Waals surface area contributed by atoms with Gasteiger partial charge in [0.2, 0.25) is 11.8 Å². The molecule has 1 unspecified atom stereocenters. The largest absolute Gasteiger partial charge is 0.350 e. The van der Waals surface area contributed by atoms with Gasteiger partial charge in [-0.2, -0.15) is 0 Å². The maximum Gasteiger partial charge on any atom is 0.224 e. The van der Waals surface area contributed by atoms with Gasteiger partial charge in [-0.25, -0.2) is 0 Å². The molecule has 20 heavy (non-hydrogen) atoms. The molecule has 0 radical (unpaired) electrons. The van der Waals surface area contributed by atoms with Crippen LogP contribution < -0.4 is 16.0 Å². The second-order valence-corrected chi connectivity index (χ2v) is 5.11. The van der Waals surface area contributed by atoms with Crippen molar-refractivity contribution in [2.24, 2.45) is 0 Å². The number of carbonyl (C=O) groups is 2. The molecule has 0 aromatic heterocycles. The van der Waals surface area contributed by atoms with Crippen LogP contribution >= 0.6 is 0 Å². The molecule has 1 aromatic carbocycles. The molecule has 1 heterocycles. The van der Waals surface area contributed by atoms with Gasteiger partial charge in [0.1, 0.15) is 0 Å². The molecule has 2 amide bonds. The van der Waals surface area contributed by atoms with Gasteiger partial charge >= 0.3 is 0 Å². The molecule has 108 valence electrons. The van der Waals surface area contributed by atoms with E-state index in [0.717, 1.165) is 23.2 Å². The normalized spacial score (nSPS) is 15.2. The minimum Gasteiger partial charge on any atom is -0.350 e. The van der Waals surface area contributed by atoms with Crippen molar-refractivity contribution in [3.8, 4) is 0 Å².